The van der Waals surface area contributed by atoms with Crippen molar-refractivity contribution in [3.63, 3.8) is 0 Å². The minimum atomic E-state index is -0.231. The molecule has 0 saturated carbocycles. The number of allylic oxidation sites excluding steroid dienone is 2. The number of Topliss-reactive ketones (excluding diaryl/α,β-unsaturated/α-hetero) is 1. The first-order valence-corrected chi connectivity index (χ1v) is 6.15. The average Bonchev–Trinajstić information content (AvgIpc) is 2.25. The van der Waals surface area contributed by atoms with E-state index < -0.39 is 0 Å². The van der Waals surface area contributed by atoms with E-state index in [4.69, 9.17) is 0 Å². The predicted octanol–water partition coefficient (Wildman–Crippen LogP) is 3.94. The van der Waals surface area contributed by atoms with E-state index in [1.807, 2.05) is 13.0 Å². The number of hydrogen-bond donors (Lipinski definition) is 0. The maximum absolute atomic E-state index is 13.0. The van der Waals surface area contributed by atoms with Crippen molar-refractivity contribution in [2.24, 2.45) is 0 Å². The Bertz CT molecular complexity index is 451. The van der Waals surface area contributed by atoms with Gasteiger partial charge in [-0.25, -0.2) is 4.39 Å². The average molecular weight is 236 g/mol. The van der Waals surface area contributed by atoms with E-state index in [1.54, 1.807) is 6.07 Å². The largest absolute Gasteiger partial charge is 0.295 e. The van der Waals surface area contributed by atoms with E-state index in [2.05, 4.69) is 0 Å². The third-order valence-electron chi connectivity index (χ3n) is 2.68. The molecule has 0 radical (unpaired) electrons. The molecule has 1 aromatic rings. The highest BCUT2D eigenvalue weighted by Crippen LogP contribution is 2.35. The second-order valence-electron chi connectivity index (χ2n) is 3.88. The SMILES string of the molecule is CC1=C(Sc2cccc(F)c2)CCCC1=O. The van der Waals surface area contributed by atoms with Crippen LogP contribution in [-0.2, 0) is 4.79 Å². The van der Waals surface area contributed by atoms with E-state index in [-0.39, 0.29) is 11.6 Å². The summed E-state index contributed by atoms with van der Waals surface area (Å²) in [4.78, 5) is 13.5. The van der Waals surface area contributed by atoms with Gasteiger partial charge in [0.2, 0.25) is 0 Å². The maximum Gasteiger partial charge on any atom is 0.159 e. The summed E-state index contributed by atoms with van der Waals surface area (Å²) in [5.74, 6) is -0.00413. The number of carbonyl (C=O) groups excluding carboxylic acids is 1. The second kappa shape index (κ2) is 4.83. The highest BCUT2D eigenvalue weighted by Gasteiger charge is 2.17. The molecule has 16 heavy (non-hydrogen) atoms. The van der Waals surface area contributed by atoms with Crippen LogP contribution in [0.4, 0.5) is 4.39 Å². The zero-order valence-electron chi connectivity index (χ0n) is 9.13. The molecule has 2 rings (SSSR count). The van der Waals surface area contributed by atoms with Crippen molar-refractivity contribution in [1.82, 2.24) is 0 Å². The Morgan fingerprint density at radius 2 is 2.12 bits per heavy atom. The molecule has 0 saturated heterocycles. The molecule has 3 heteroatoms. The number of ketones is 1. The van der Waals surface area contributed by atoms with Gasteiger partial charge in [-0.05, 0) is 42.9 Å². The first-order chi connectivity index (χ1) is 7.66. The third kappa shape index (κ3) is 2.53. The van der Waals surface area contributed by atoms with Crippen molar-refractivity contribution in [2.75, 3.05) is 0 Å². The Balaban J connectivity index is 2.21. The molecule has 0 bridgehead atoms. The van der Waals surface area contributed by atoms with E-state index in [9.17, 15) is 9.18 Å². The summed E-state index contributed by atoms with van der Waals surface area (Å²) in [6.07, 6.45) is 2.49. The number of hydrogen-bond acceptors (Lipinski definition) is 2. The molecule has 0 atom stereocenters. The summed E-state index contributed by atoms with van der Waals surface area (Å²) in [6, 6.07) is 6.49. The van der Waals surface area contributed by atoms with E-state index >= 15 is 0 Å². The van der Waals surface area contributed by atoms with Gasteiger partial charge in [0.15, 0.2) is 5.78 Å². The fourth-order valence-electron chi connectivity index (χ4n) is 1.74. The van der Waals surface area contributed by atoms with Crippen LogP contribution in [0.15, 0.2) is 39.6 Å². The Labute approximate surface area is 98.7 Å². The highest BCUT2D eigenvalue weighted by molar-refractivity contribution is 8.03. The molecular formula is C13H13FOS. The van der Waals surface area contributed by atoms with Crippen LogP contribution in [0.3, 0.4) is 0 Å². The van der Waals surface area contributed by atoms with E-state index in [0.717, 1.165) is 28.2 Å². The lowest BCUT2D eigenvalue weighted by atomic mass is 9.99. The van der Waals surface area contributed by atoms with Crippen LogP contribution in [-0.4, -0.2) is 5.78 Å². The van der Waals surface area contributed by atoms with Gasteiger partial charge in [-0.15, -0.1) is 0 Å². The minimum Gasteiger partial charge on any atom is -0.295 e. The van der Waals surface area contributed by atoms with Crippen LogP contribution >= 0.6 is 11.8 Å². The molecule has 1 aromatic carbocycles. The molecule has 0 amide bonds. The molecule has 84 valence electrons. The van der Waals surface area contributed by atoms with Gasteiger partial charge in [-0.3, -0.25) is 4.79 Å². The smallest absolute Gasteiger partial charge is 0.159 e. The van der Waals surface area contributed by atoms with Crippen molar-refractivity contribution >= 4 is 17.5 Å². The van der Waals surface area contributed by atoms with Crippen molar-refractivity contribution in [2.45, 2.75) is 31.1 Å². The summed E-state index contributed by atoms with van der Waals surface area (Å²) in [7, 11) is 0. The zero-order valence-corrected chi connectivity index (χ0v) is 9.94. The summed E-state index contributed by atoms with van der Waals surface area (Å²) < 4.78 is 13.0. The number of benzene rings is 1. The van der Waals surface area contributed by atoms with Crippen LogP contribution in [0.5, 0.6) is 0 Å². The lowest BCUT2D eigenvalue weighted by molar-refractivity contribution is -0.115. The Morgan fingerprint density at radius 3 is 2.88 bits per heavy atom. The van der Waals surface area contributed by atoms with Crippen molar-refractivity contribution < 1.29 is 9.18 Å². The Hall–Kier alpha value is -1.09. The third-order valence-corrected chi connectivity index (χ3v) is 3.93. The molecule has 0 spiro atoms. The predicted molar refractivity (Wildman–Crippen MR) is 63.8 cm³/mol. The summed E-state index contributed by atoms with van der Waals surface area (Å²) in [5, 5.41) is 0. The lowest BCUT2D eigenvalue weighted by Crippen LogP contribution is -2.07. The molecule has 0 fully saturated rings. The monoisotopic (exact) mass is 236 g/mol. The number of rotatable bonds is 2. The molecule has 1 nitrogen and oxygen atoms in total. The van der Waals surface area contributed by atoms with Gasteiger partial charge in [0.25, 0.3) is 0 Å². The van der Waals surface area contributed by atoms with Crippen LogP contribution in [0.2, 0.25) is 0 Å². The molecule has 1 aliphatic carbocycles. The van der Waals surface area contributed by atoms with Gasteiger partial charge in [0, 0.05) is 16.9 Å². The van der Waals surface area contributed by atoms with Crippen LogP contribution in [0, 0.1) is 5.82 Å². The number of halogens is 1. The van der Waals surface area contributed by atoms with Crippen LogP contribution < -0.4 is 0 Å². The fourth-order valence-corrected chi connectivity index (χ4v) is 2.86. The molecule has 0 unspecified atom stereocenters. The normalized spacial score (nSPS) is 16.8. The van der Waals surface area contributed by atoms with Gasteiger partial charge in [0.1, 0.15) is 5.82 Å². The zero-order chi connectivity index (χ0) is 11.5. The standard InChI is InChI=1S/C13H13FOS/c1-9-12(15)6-3-7-13(9)16-11-5-2-4-10(14)8-11/h2,4-5,8H,3,6-7H2,1H3. The van der Waals surface area contributed by atoms with Gasteiger partial charge in [-0.2, -0.15) is 0 Å². The molecular weight excluding hydrogens is 223 g/mol. The maximum atomic E-state index is 13.0. The van der Waals surface area contributed by atoms with Gasteiger partial charge in [-0.1, -0.05) is 17.8 Å². The Kier molecular flexibility index (Phi) is 3.44. The van der Waals surface area contributed by atoms with Crippen molar-refractivity contribution in [1.29, 1.82) is 0 Å². The molecule has 1 aliphatic rings. The molecule has 0 aromatic heterocycles. The van der Waals surface area contributed by atoms with Crippen molar-refractivity contribution in [3.05, 3.63) is 40.6 Å². The number of carbonyl (C=O) groups is 1. The number of thioether (sulfide) groups is 1. The molecule has 0 heterocycles. The quantitative estimate of drug-likeness (QED) is 0.773. The molecule has 0 N–H and O–H groups in total. The fraction of sp³-hybridized carbons (Fsp3) is 0.308. The minimum absolute atomic E-state index is 0.227. The first-order valence-electron chi connectivity index (χ1n) is 5.33. The van der Waals surface area contributed by atoms with Crippen molar-refractivity contribution in [3.8, 4) is 0 Å². The van der Waals surface area contributed by atoms with E-state index in [1.165, 1.54) is 23.9 Å². The van der Waals surface area contributed by atoms with Gasteiger partial charge in [0.05, 0.1) is 0 Å². The van der Waals surface area contributed by atoms with Crippen LogP contribution in [0.25, 0.3) is 0 Å². The van der Waals surface area contributed by atoms with Gasteiger partial charge < -0.3 is 0 Å². The van der Waals surface area contributed by atoms with E-state index in [0.29, 0.717) is 6.42 Å². The Morgan fingerprint density at radius 1 is 1.31 bits per heavy atom. The lowest BCUT2D eigenvalue weighted by Gasteiger charge is -2.16. The first kappa shape index (κ1) is 11.4. The molecule has 0 aliphatic heterocycles. The highest BCUT2D eigenvalue weighted by atomic mass is 32.2. The summed E-state index contributed by atoms with van der Waals surface area (Å²) in [6.45, 7) is 1.86. The van der Waals surface area contributed by atoms with Gasteiger partial charge >= 0.3 is 0 Å². The summed E-state index contributed by atoms with van der Waals surface area (Å²) in [5.41, 5.74) is 0.848. The topological polar surface area (TPSA) is 17.1 Å². The van der Waals surface area contributed by atoms with Crippen LogP contribution in [0.1, 0.15) is 26.2 Å². The summed E-state index contributed by atoms with van der Waals surface area (Å²) >= 11 is 1.51. The second-order valence-corrected chi connectivity index (χ2v) is 5.05.